The van der Waals surface area contributed by atoms with Crippen LogP contribution in [0, 0.1) is 11.2 Å². The largest absolute Gasteiger partial charge is 0.378 e. The van der Waals surface area contributed by atoms with Gasteiger partial charge in [-0.15, -0.1) is 0 Å². The van der Waals surface area contributed by atoms with E-state index in [0.717, 1.165) is 12.1 Å². The predicted octanol–water partition coefficient (Wildman–Crippen LogP) is 1.54. The lowest BCUT2D eigenvalue weighted by atomic mass is 10.1. The van der Waals surface area contributed by atoms with Crippen LogP contribution in [0.4, 0.5) is 4.39 Å². The Morgan fingerprint density at radius 2 is 2.16 bits per heavy atom. The van der Waals surface area contributed by atoms with Crippen LogP contribution in [0.15, 0.2) is 18.2 Å². The molecule has 0 amide bonds. The molecule has 0 atom stereocenters. The molecular weight excluding hydrogens is 245 g/mol. The van der Waals surface area contributed by atoms with Crippen LogP contribution in [-0.4, -0.2) is 56.0 Å². The molecule has 2 rings (SSSR count). The van der Waals surface area contributed by atoms with Crippen molar-refractivity contribution in [2.75, 3.05) is 40.4 Å². The first-order valence-electron chi connectivity index (χ1n) is 6.42. The third-order valence-corrected chi connectivity index (χ3v) is 3.19. The lowest BCUT2D eigenvalue weighted by molar-refractivity contribution is 0.106. The topological polar surface area (TPSA) is 39.6 Å². The zero-order valence-corrected chi connectivity index (χ0v) is 11.4. The number of fused-ring (bicyclic) bond motifs is 1. The molecule has 1 aliphatic rings. The van der Waals surface area contributed by atoms with Crippen molar-refractivity contribution in [3.05, 3.63) is 35.1 Å². The number of nitrogens with one attached hydrogen (secondary N) is 1. The summed E-state index contributed by atoms with van der Waals surface area (Å²) in [5.41, 5.74) is 1.72. The van der Waals surface area contributed by atoms with E-state index in [1.807, 2.05) is 19.0 Å². The minimum atomic E-state index is -0.285. The minimum Gasteiger partial charge on any atom is -0.378 e. The molecule has 1 aromatic carbocycles. The summed E-state index contributed by atoms with van der Waals surface area (Å²) in [7, 11) is 4.01. The van der Waals surface area contributed by atoms with Gasteiger partial charge in [0.1, 0.15) is 11.7 Å². The van der Waals surface area contributed by atoms with E-state index < -0.39 is 0 Å². The Balaban J connectivity index is 1.80. The van der Waals surface area contributed by atoms with Gasteiger partial charge in [-0.2, -0.15) is 0 Å². The van der Waals surface area contributed by atoms with Crippen molar-refractivity contribution in [1.82, 2.24) is 9.80 Å². The van der Waals surface area contributed by atoms with Gasteiger partial charge in [-0.3, -0.25) is 5.41 Å². The summed E-state index contributed by atoms with van der Waals surface area (Å²) in [6.45, 7) is 3.51. The minimum absolute atomic E-state index is 0.285. The first kappa shape index (κ1) is 14.0. The molecule has 0 fully saturated rings. The van der Waals surface area contributed by atoms with E-state index in [9.17, 15) is 4.39 Å². The Bertz CT molecular complexity index is 462. The number of rotatable bonds is 6. The van der Waals surface area contributed by atoms with Crippen molar-refractivity contribution in [1.29, 1.82) is 5.41 Å². The van der Waals surface area contributed by atoms with Crippen LogP contribution in [0.3, 0.4) is 0 Å². The van der Waals surface area contributed by atoms with Gasteiger partial charge in [-0.1, -0.05) is 6.07 Å². The Morgan fingerprint density at radius 1 is 1.37 bits per heavy atom. The van der Waals surface area contributed by atoms with Gasteiger partial charge >= 0.3 is 0 Å². The zero-order chi connectivity index (χ0) is 13.8. The highest BCUT2D eigenvalue weighted by molar-refractivity contribution is 6.00. The molecule has 1 N–H and O–H groups in total. The van der Waals surface area contributed by atoms with Gasteiger partial charge in [0.2, 0.25) is 0 Å². The van der Waals surface area contributed by atoms with Gasteiger partial charge in [0.05, 0.1) is 13.2 Å². The van der Waals surface area contributed by atoms with Crippen LogP contribution < -0.4 is 0 Å². The number of nitrogens with zero attached hydrogens (tertiary/aromatic N) is 2. The van der Waals surface area contributed by atoms with E-state index in [2.05, 4.69) is 4.90 Å². The molecule has 1 aliphatic heterocycles. The quantitative estimate of drug-likeness (QED) is 0.793. The molecule has 0 aliphatic carbocycles. The zero-order valence-electron chi connectivity index (χ0n) is 11.4. The SMILES string of the molecule is CN(C)CCOCCN1Cc2ccc(F)cc2C1=N. The highest BCUT2D eigenvalue weighted by Gasteiger charge is 2.23. The number of amidine groups is 1. The summed E-state index contributed by atoms with van der Waals surface area (Å²) in [4.78, 5) is 3.98. The van der Waals surface area contributed by atoms with Crippen molar-refractivity contribution >= 4 is 5.84 Å². The second kappa shape index (κ2) is 6.12. The molecule has 0 spiro atoms. The highest BCUT2D eigenvalue weighted by atomic mass is 19.1. The van der Waals surface area contributed by atoms with Crippen molar-refractivity contribution in [2.24, 2.45) is 0 Å². The number of likely N-dealkylation sites (N-methyl/N-ethyl adjacent to an activating group) is 1. The van der Waals surface area contributed by atoms with Crippen LogP contribution in [0.5, 0.6) is 0 Å². The fourth-order valence-electron chi connectivity index (χ4n) is 2.08. The summed E-state index contributed by atoms with van der Waals surface area (Å²) in [5, 5.41) is 8.03. The number of hydrogen-bond donors (Lipinski definition) is 1. The maximum Gasteiger partial charge on any atom is 0.128 e. The molecular formula is C14H20FN3O. The highest BCUT2D eigenvalue weighted by Crippen LogP contribution is 2.22. The molecule has 4 nitrogen and oxygen atoms in total. The number of halogens is 1. The molecule has 0 radical (unpaired) electrons. The molecule has 5 heteroatoms. The average molecular weight is 265 g/mol. The molecule has 19 heavy (non-hydrogen) atoms. The summed E-state index contributed by atoms with van der Waals surface area (Å²) in [6, 6.07) is 4.64. The molecule has 0 saturated heterocycles. The monoisotopic (exact) mass is 265 g/mol. The Labute approximate surface area is 113 Å². The fraction of sp³-hybridized carbons (Fsp3) is 0.500. The van der Waals surface area contributed by atoms with E-state index in [0.29, 0.717) is 37.7 Å². The van der Waals surface area contributed by atoms with E-state index >= 15 is 0 Å². The second-order valence-corrected chi connectivity index (χ2v) is 4.99. The molecule has 1 aromatic rings. The predicted molar refractivity (Wildman–Crippen MR) is 73.0 cm³/mol. The number of benzene rings is 1. The van der Waals surface area contributed by atoms with Gasteiger partial charge in [-0.05, 0) is 31.8 Å². The Hall–Kier alpha value is -1.46. The molecule has 1 heterocycles. The molecule has 0 saturated carbocycles. The van der Waals surface area contributed by atoms with Gasteiger partial charge < -0.3 is 14.5 Å². The summed E-state index contributed by atoms with van der Waals surface area (Å²) < 4.78 is 18.7. The first-order chi connectivity index (χ1) is 9.08. The third kappa shape index (κ3) is 3.52. The summed E-state index contributed by atoms with van der Waals surface area (Å²) >= 11 is 0. The Morgan fingerprint density at radius 3 is 2.89 bits per heavy atom. The van der Waals surface area contributed by atoms with E-state index in [-0.39, 0.29) is 5.82 Å². The summed E-state index contributed by atoms with van der Waals surface area (Å²) in [5.74, 6) is 0.110. The van der Waals surface area contributed by atoms with Crippen LogP contribution in [0.2, 0.25) is 0 Å². The second-order valence-electron chi connectivity index (χ2n) is 4.99. The molecule has 0 aromatic heterocycles. The molecule has 104 valence electrons. The average Bonchev–Trinajstić information content (AvgIpc) is 2.66. The first-order valence-corrected chi connectivity index (χ1v) is 6.42. The lowest BCUT2D eigenvalue weighted by Crippen LogP contribution is -2.29. The van der Waals surface area contributed by atoms with Crippen LogP contribution in [0.1, 0.15) is 11.1 Å². The number of hydrogen-bond acceptors (Lipinski definition) is 3. The molecule has 0 bridgehead atoms. The van der Waals surface area contributed by atoms with Gasteiger partial charge in [0, 0.05) is 25.2 Å². The smallest absolute Gasteiger partial charge is 0.128 e. The fourth-order valence-corrected chi connectivity index (χ4v) is 2.08. The van der Waals surface area contributed by atoms with E-state index in [4.69, 9.17) is 10.1 Å². The maximum atomic E-state index is 13.1. The van der Waals surface area contributed by atoms with Gasteiger partial charge in [-0.25, -0.2) is 4.39 Å². The van der Waals surface area contributed by atoms with Crippen molar-refractivity contribution in [2.45, 2.75) is 6.54 Å². The Kier molecular flexibility index (Phi) is 4.50. The van der Waals surface area contributed by atoms with E-state index in [1.165, 1.54) is 12.1 Å². The summed E-state index contributed by atoms with van der Waals surface area (Å²) in [6.07, 6.45) is 0. The standard InChI is InChI=1S/C14H20FN3O/c1-17(2)5-7-19-8-6-18-10-11-3-4-12(15)9-13(11)14(18)16/h3-4,9,16H,5-8,10H2,1-2H3. The molecule has 0 unspecified atom stereocenters. The van der Waals surface area contributed by atoms with Crippen LogP contribution >= 0.6 is 0 Å². The van der Waals surface area contributed by atoms with Crippen molar-refractivity contribution in [3.8, 4) is 0 Å². The van der Waals surface area contributed by atoms with Crippen molar-refractivity contribution in [3.63, 3.8) is 0 Å². The third-order valence-electron chi connectivity index (χ3n) is 3.19. The number of ether oxygens (including phenoxy) is 1. The normalized spacial score (nSPS) is 14.3. The maximum absolute atomic E-state index is 13.1. The van der Waals surface area contributed by atoms with Crippen LogP contribution in [-0.2, 0) is 11.3 Å². The van der Waals surface area contributed by atoms with Crippen LogP contribution in [0.25, 0.3) is 0 Å². The van der Waals surface area contributed by atoms with Crippen molar-refractivity contribution < 1.29 is 9.13 Å². The van der Waals surface area contributed by atoms with Gasteiger partial charge in [0.15, 0.2) is 0 Å². The van der Waals surface area contributed by atoms with E-state index in [1.54, 1.807) is 6.07 Å². The van der Waals surface area contributed by atoms with Gasteiger partial charge in [0.25, 0.3) is 0 Å². The lowest BCUT2D eigenvalue weighted by Gasteiger charge is -2.18.